The van der Waals surface area contributed by atoms with Crippen LogP contribution in [-0.2, 0) is 9.59 Å². The Morgan fingerprint density at radius 2 is 1.86 bits per heavy atom. The van der Waals surface area contributed by atoms with Crippen LogP contribution in [0.1, 0.15) is 30.3 Å². The van der Waals surface area contributed by atoms with Gasteiger partial charge in [0.15, 0.2) is 0 Å². The van der Waals surface area contributed by atoms with Crippen LogP contribution in [-0.4, -0.2) is 52.8 Å². The number of carbonyl (C=O) groups is 2. The summed E-state index contributed by atoms with van der Waals surface area (Å²) in [7, 11) is 0. The number of carbonyl (C=O) groups excluding carboxylic acids is 2. The number of benzene rings is 1. The normalized spacial score (nSPS) is 19.0. The number of hydrogen-bond acceptors (Lipinski definition) is 5. The molecule has 2 heterocycles. The molecule has 1 N–H and O–H groups in total. The fraction of sp³-hybridized carbons (Fsp3) is 0.333. The Morgan fingerprint density at radius 3 is 2.43 bits per heavy atom. The zero-order chi connectivity index (χ0) is 20.3. The third-order valence-corrected chi connectivity index (χ3v) is 5.95. The second kappa shape index (κ2) is 8.67. The Hall–Kier alpha value is -2.51. The maximum Gasteiger partial charge on any atom is 0.295 e. The number of thiophene rings is 1. The third kappa shape index (κ3) is 3.86. The summed E-state index contributed by atoms with van der Waals surface area (Å²) in [5.74, 6) is -2.04. The van der Waals surface area contributed by atoms with Gasteiger partial charge in [-0.25, -0.2) is 4.39 Å². The Labute approximate surface area is 167 Å². The molecule has 0 saturated carbocycles. The van der Waals surface area contributed by atoms with Gasteiger partial charge in [0.05, 0.1) is 11.6 Å². The van der Waals surface area contributed by atoms with Crippen LogP contribution in [0.2, 0.25) is 0 Å². The molecule has 0 bridgehead atoms. The molecular weight excluding hydrogens is 379 g/mol. The maximum absolute atomic E-state index is 13.2. The molecule has 0 unspecified atom stereocenters. The predicted octanol–water partition coefficient (Wildman–Crippen LogP) is 3.65. The van der Waals surface area contributed by atoms with Gasteiger partial charge in [-0.3, -0.25) is 9.59 Å². The molecule has 1 aromatic heterocycles. The van der Waals surface area contributed by atoms with Gasteiger partial charge < -0.3 is 14.9 Å². The highest BCUT2D eigenvalue weighted by Crippen LogP contribution is 2.40. The van der Waals surface area contributed by atoms with Gasteiger partial charge in [0.1, 0.15) is 11.6 Å². The topological polar surface area (TPSA) is 60.9 Å². The van der Waals surface area contributed by atoms with Crippen molar-refractivity contribution in [1.29, 1.82) is 0 Å². The first-order chi connectivity index (χ1) is 13.5. The number of rotatable bonds is 7. The lowest BCUT2D eigenvalue weighted by Gasteiger charge is -2.27. The number of nitrogens with zero attached hydrogens (tertiary/aromatic N) is 2. The van der Waals surface area contributed by atoms with Crippen LogP contribution in [0.5, 0.6) is 0 Å². The molecule has 7 heteroatoms. The van der Waals surface area contributed by atoms with Crippen LogP contribution in [0.25, 0.3) is 5.76 Å². The van der Waals surface area contributed by atoms with Gasteiger partial charge in [-0.05, 0) is 48.8 Å². The van der Waals surface area contributed by atoms with E-state index in [1.807, 2.05) is 31.4 Å². The van der Waals surface area contributed by atoms with Crippen LogP contribution in [0.15, 0.2) is 47.4 Å². The standard InChI is InChI=1S/C21H23FN2O3S/c1-3-23(4-2)11-12-24-18(16-6-5-13-28-16)17(20(26)21(24)27)19(25)14-7-9-15(22)10-8-14/h5-10,13,18,25H,3-4,11-12H2,1-2H3/t18-/m0/s1. The van der Waals surface area contributed by atoms with E-state index in [0.717, 1.165) is 18.0 Å². The molecular formula is C21H23FN2O3S. The minimum atomic E-state index is -0.709. The van der Waals surface area contributed by atoms with Crippen molar-refractivity contribution in [3.63, 3.8) is 0 Å². The summed E-state index contributed by atoms with van der Waals surface area (Å²) in [6.07, 6.45) is 0. The van der Waals surface area contributed by atoms with Crippen LogP contribution in [0.4, 0.5) is 4.39 Å². The van der Waals surface area contributed by atoms with E-state index in [0.29, 0.717) is 18.7 Å². The highest BCUT2D eigenvalue weighted by atomic mass is 32.1. The molecule has 1 amide bonds. The van der Waals surface area contributed by atoms with Crippen LogP contribution in [0, 0.1) is 5.82 Å². The number of amides is 1. The quantitative estimate of drug-likeness (QED) is 0.436. The molecule has 0 spiro atoms. The van der Waals surface area contributed by atoms with E-state index in [-0.39, 0.29) is 11.3 Å². The van der Waals surface area contributed by atoms with E-state index in [4.69, 9.17) is 0 Å². The van der Waals surface area contributed by atoms with Gasteiger partial charge in [-0.1, -0.05) is 19.9 Å². The van der Waals surface area contributed by atoms with E-state index in [2.05, 4.69) is 4.90 Å². The summed E-state index contributed by atoms with van der Waals surface area (Å²) >= 11 is 1.43. The van der Waals surface area contributed by atoms with Crippen molar-refractivity contribution in [3.8, 4) is 0 Å². The Kier molecular flexibility index (Phi) is 6.26. The van der Waals surface area contributed by atoms with Gasteiger partial charge >= 0.3 is 0 Å². The molecule has 5 nitrogen and oxygen atoms in total. The Balaban J connectivity index is 2.03. The largest absolute Gasteiger partial charge is 0.507 e. The molecule has 1 fully saturated rings. The number of aliphatic hydroxyl groups is 1. The number of likely N-dealkylation sites (tertiary alicyclic amines) is 1. The first-order valence-electron chi connectivity index (χ1n) is 9.28. The van der Waals surface area contributed by atoms with E-state index >= 15 is 0 Å². The average molecular weight is 402 g/mol. The summed E-state index contributed by atoms with van der Waals surface area (Å²) in [4.78, 5) is 30.1. The first-order valence-corrected chi connectivity index (χ1v) is 10.2. The Morgan fingerprint density at radius 1 is 1.18 bits per heavy atom. The molecule has 0 radical (unpaired) electrons. The zero-order valence-corrected chi connectivity index (χ0v) is 16.7. The van der Waals surface area contributed by atoms with E-state index in [1.165, 1.54) is 40.5 Å². The zero-order valence-electron chi connectivity index (χ0n) is 15.9. The van der Waals surface area contributed by atoms with Crippen LogP contribution >= 0.6 is 11.3 Å². The fourth-order valence-corrected chi connectivity index (χ4v) is 4.25. The number of Topliss-reactive ketones (excluding diaryl/α,β-unsaturated/α-hetero) is 1. The van der Waals surface area contributed by atoms with E-state index in [9.17, 15) is 19.1 Å². The van der Waals surface area contributed by atoms with Gasteiger partial charge in [-0.15, -0.1) is 11.3 Å². The van der Waals surface area contributed by atoms with Crippen molar-refractivity contribution in [1.82, 2.24) is 9.80 Å². The molecule has 1 atom stereocenters. The fourth-order valence-electron chi connectivity index (χ4n) is 3.41. The van der Waals surface area contributed by atoms with Gasteiger partial charge in [-0.2, -0.15) is 0 Å². The first kappa shape index (κ1) is 20.2. The minimum Gasteiger partial charge on any atom is -0.507 e. The Bertz CT molecular complexity index is 874. The number of likely N-dealkylation sites (N-methyl/N-ethyl adjacent to an activating group) is 1. The van der Waals surface area contributed by atoms with Crippen LogP contribution < -0.4 is 0 Å². The second-order valence-corrected chi connectivity index (χ2v) is 7.52. The number of aliphatic hydroxyl groups excluding tert-OH is 1. The summed E-state index contributed by atoms with van der Waals surface area (Å²) in [6.45, 7) is 6.80. The van der Waals surface area contributed by atoms with Crippen molar-refractivity contribution >= 4 is 28.8 Å². The lowest BCUT2D eigenvalue weighted by Crippen LogP contribution is -2.37. The molecule has 1 aliphatic rings. The molecule has 3 rings (SSSR count). The molecule has 1 saturated heterocycles. The van der Waals surface area contributed by atoms with Gasteiger partial charge in [0, 0.05) is 23.5 Å². The molecule has 0 aliphatic carbocycles. The van der Waals surface area contributed by atoms with E-state index < -0.39 is 23.5 Å². The molecule has 28 heavy (non-hydrogen) atoms. The lowest BCUT2D eigenvalue weighted by molar-refractivity contribution is -0.140. The molecule has 1 aromatic carbocycles. The smallest absolute Gasteiger partial charge is 0.295 e. The van der Waals surface area contributed by atoms with Crippen molar-refractivity contribution < 1.29 is 19.1 Å². The summed E-state index contributed by atoms with van der Waals surface area (Å²) < 4.78 is 13.2. The van der Waals surface area contributed by atoms with Gasteiger partial charge in [0.2, 0.25) is 0 Å². The summed E-state index contributed by atoms with van der Waals surface area (Å²) in [5, 5.41) is 12.7. The molecule has 2 aromatic rings. The third-order valence-electron chi connectivity index (χ3n) is 5.02. The molecule has 1 aliphatic heterocycles. The SMILES string of the molecule is CCN(CC)CCN1C(=O)C(=O)C(=C(O)c2ccc(F)cc2)[C@@H]1c1cccs1. The van der Waals surface area contributed by atoms with Crippen molar-refractivity contribution in [2.24, 2.45) is 0 Å². The highest BCUT2D eigenvalue weighted by Gasteiger charge is 2.46. The monoisotopic (exact) mass is 402 g/mol. The number of ketones is 1. The van der Waals surface area contributed by atoms with Crippen LogP contribution in [0.3, 0.4) is 0 Å². The second-order valence-electron chi connectivity index (χ2n) is 6.54. The average Bonchev–Trinajstić information content (AvgIpc) is 3.31. The maximum atomic E-state index is 13.2. The van der Waals surface area contributed by atoms with Gasteiger partial charge in [0.25, 0.3) is 11.7 Å². The minimum absolute atomic E-state index is 0.0543. The number of halogens is 1. The van der Waals surface area contributed by atoms with E-state index in [1.54, 1.807) is 0 Å². The van der Waals surface area contributed by atoms with Crippen molar-refractivity contribution in [3.05, 3.63) is 63.6 Å². The lowest BCUT2D eigenvalue weighted by atomic mass is 10.00. The highest BCUT2D eigenvalue weighted by molar-refractivity contribution is 7.10. The predicted molar refractivity (Wildman–Crippen MR) is 108 cm³/mol. The number of hydrogen-bond donors (Lipinski definition) is 1. The summed E-state index contributed by atoms with van der Waals surface area (Å²) in [6, 6.07) is 8.29. The summed E-state index contributed by atoms with van der Waals surface area (Å²) in [5.41, 5.74) is 0.364. The van der Waals surface area contributed by atoms with Crippen molar-refractivity contribution in [2.45, 2.75) is 19.9 Å². The van der Waals surface area contributed by atoms with Crippen molar-refractivity contribution in [2.75, 3.05) is 26.2 Å². The molecule has 148 valence electrons.